The smallest absolute Gasteiger partial charge is 0.469 e. The minimum Gasteiger partial charge on any atom is -0.493 e. The van der Waals surface area contributed by atoms with Crippen LogP contribution in [0.3, 0.4) is 0 Å². The van der Waals surface area contributed by atoms with Crippen molar-refractivity contribution in [2.75, 3.05) is 19.8 Å². The Morgan fingerprint density at radius 3 is 2.24 bits per heavy atom. The highest BCUT2D eigenvalue weighted by molar-refractivity contribution is 7.46. The number of rotatable bonds is 12. The monoisotopic (exact) mass is 583 g/mol. The average Bonchev–Trinajstić information content (AvgIpc) is 3.30. The summed E-state index contributed by atoms with van der Waals surface area (Å²) in [5.74, 6) is -1.98. The number of benzene rings is 2. The van der Waals surface area contributed by atoms with Crippen molar-refractivity contribution >= 4 is 19.2 Å². The van der Waals surface area contributed by atoms with Gasteiger partial charge in [0.15, 0.2) is 0 Å². The highest BCUT2D eigenvalue weighted by atomic mass is 32.1. The minimum atomic E-state index is -4.80. The Hall–Kier alpha value is -2.68. The quantitative estimate of drug-likeness (QED) is 0.152. The van der Waals surface area contributed by atoms with Gasteiger partial charge in [0.2, 0.25) is 0 Å². The summed E-state index contributed by atoms with van der Waals surface area (Å²) in [6.45, 7) is 0.788. The largest absolute Gasteiger partial charge is 0.493 e. The molecule has 3 rings (SSSR count). The Labute approximate surface area is 217 Å². The molecule has 0 saturated heterocycles. The van der Waals surface area contributed by atoms with E-state index in [4.69, 9.17) is 25.0 Å². The number of halogens is 5. The first-order valence-corrected chi connectivity index (χ1v) is 13.2. The maximum Gasteiger partial charge on any atom is 0.469 e. The predicted octanol–water partition coefficient (Wildman–Crippen LogP) is 5.02. The minimum absolute atomic E-state index is 0.00228. The number of alkyl halides is 3. The first-order valence-electron chi connectivity index (χ1n) is 10.9. The summed E-state index contributed by atoms with van der Waals surface area (Å²) in [5.41, 5.74) is 3.57. The van der Waals surface area contributed by atoms with Crippen molar-refractivity contribution in [3.05, 3.63) is 58.6 Å². The van der Waals surface area contributed by atoms with Crippen LogP contribution in [0, 0.1) is 11.6 Å². The number of hydrogen-bond acceptors (Lipinski definition) is 8. The van der Waals surface area contributed by atoms with Crippen LogP contribution in [-0.4, -0.2) is 39.8 Å². The van der Waals surface area contributed by atoms with Crippen LogP contribution in [0.15, 0.2) is 36.4 Å². The maximum atomic E-state index is 13.7. The van der Waals surface area contributed by atoms with Gasteiger partial charge in [0.25, 0.3) is 0 Å². The van der Waals surface area contributed by atoms with Crippen LogP contribution in [0.2, 0.25) is 0 Å². The van der Waals surface area contributed by atoms with E-state index in [-0.39, 0.29) is 34.5 Å². The molecule has 1 heterocycles. The van der Waals surface area contributed by atoms with Crippen LogP contribution >= 0.6 is 19.2 Å². The Kier molecular flexibility index (Phi) is 9.44. The zero-order valence-corrected chi connectivity index (χ0v) is 21.5. The van der Waals surface area contributed by atoms with E-state index in [2.05, 4.69) is 14.7 Å². The van der Waals surface area contributed by atoms with Crippen molar-refractivity contribution < 1.29 is 50.3 Å². The highest BCUT2D eigenvalue weighted by Gasteiger charge is 2.35. The third kappa shape index (κ3) is 8.68. The van der Waals surface area contributed by atoms with Gasteiger partial charge >= 0.3 is 14.0 Å². The van der Waals surface area contributed by atoms with E-state index in [0.29, 0.717) is 18.9 Å². The summed E-state index contributed by atoms with van der Waals surface area (Å²) in [6, 6.07) is 6.08. The van der Waals surface area contributed by atoms with Gasteiger partial charge in [-0.1, -0.05) is 11.3 Å². The molecule has 1 aromatic heterocycles. The van der Waals surface area contributed by atoms with E-state index in [1.165, 1.54) is 13.0 Å². The van der Waals surface area contributed by atoms with Crippen LogP contribution in [0.1, 0.15) is 30.3 Å². The van der Waals surface area contributed by atoms with Gasteiger partial charge in [-0.15, -0.1) is 10.2 Å². The van der Waals surface area contributed by atoms with Crippen molar-refractivity contribution in [3.63, 3.8) is 0 Å². The maximum absolute atomic E-state index is 13.7. The van der Waals surface area contributed by atoms with Crippen LogP contribution in [0.5, 0.6) is 11.5 Å². The fourth-order valence-electron chi connectivity index (χ4n) is 3.05. The summed E-state index contributed by atoms with van der Waals surface area (Å²) in [7, 11) is -4.80. The highest BCUT2D eigenvalue weighted by Crippen LogP contribution is 2.41. The Morgan fingerprint density at radius 1 is 1.00 bits per heavy atom. The molecule has 0 aliphatic heterocycles. The molecule has 0 aliphatic rings. The van der Waals surface area contributed by atoms with Crippen molar-refractivity contribution in [3.8, 4) is 22.1 Å². The Bertz CT molecular complexity index is 1280. The SMILES string of the molecule is C[C@](N)(COP(=O)(O)O)c1nnc(-c2ccc(OCCCCOc3cc(F)cc(F)c3)c(C(F)(F)F)c2)s1. The number of phosphoric ester groups is 1. The summed E-state index contributed by atoms with van der Waals surface area (Å²) >= 11 is 0.846. The first-order chi connectivity index (χ1) is 17.6. The molecule has 0 bridgehead atoms. The van der Waals surface area contributed by atoms with Crippen molar-refractivity contribution in [2.45, 2.75) is 31.5 Å². The second-order valence-corrected chi connectivity index (χ2v) is 10.5. The van der Waals surface area contributed by atoms with Gasteiger partial charge < -0.3 is 25.0 Å². The van der Waals surface area contributed by atoms with E-state index in [1.54, 1.807) is 0 Å². The molecular weight excluding hydrogens is 560 g/mol. The summed E-state index contributed by atoms with van der Waals surface area (Å²) in [4.78, 5) is 17.7. The van der Waals surface area contributed by atoms with Gasteiger partial charge in [-0.25, -0.2) is 13.3 Å². The summed E-state index contributed by atoms with van der Waals surface area (Å²) < 4.78 is 93.4. The van der Waals surface area contributed by atoms with Crippen molar-refractivity contribution in [1.82, 2.24) is 10.2 Å². The molecule has 3 aromatic rings. The molecule has 1 atom stereocenters. The average molecular weight is 583 g/mol. The molecule has 2 aromatic carbocycles. The lowest BCUT2D eigenvalue weighted by Crippen LogP contribution is -2.37. The van der Waals surface area contributed by atoms with Crippen LogP contribution in [0.25, 0.3) is 10.6 Å². The zero-order valence-electron chi connectivity index (χ0n) is 19.7. The Balaban J connectivity index is 1.63. The number of nitrogens with zero attached hydrogens (tertiary/aromatic N) is 2. The second-order valence-electron chi connectivity index (χ2n) is 8.31. The lowest BCUT2D eigenvalue weighted by molar-refractivity contribution is -0.138. The molecule has 9 nitrogen and oxygen atoms in total. The normalized spacial score (nSPS) is 13.8. The predicted molar refractivity (Wildman–Crippen MR) is 126 cm³/mol. The molecule has 0 fully saturated rings. The molecule has 208 valence electrons. The molecule has 16 heteroatoms. The number of unbranched alkanes of at least 4 members (excludes halogenated alkanes) is 1. The third-order valence-corrected chi connectivity index (χ3v) is 6.60. The molecule has 0 amide bonds. The van der Waals surface area contributed by atoms with Gasteiger partial charge in [-0.05, 0) is 38.0 Å². The number of phosphoric acid groups is 1. The van der Waals surface area contributed by atoms with E-state index in [0.717, 1.165) is 35.6 Å². The molecule has 4 N–H and O–H groups in total. The standard InChI is InChI=1S/C22H23F5N3O6PS/c1-21(28,12-36-37(31,32)33)20-30-29-19(38-20)13-4-5-18(17(8-13)22(25,26)27)35-7-3-2-6-34-16-10-14(23)9-15(24)11-16/h4-5,8-11H,2-3,6-7,12,28H2,1H3,(H2,31,32,33)/t21-/m0/s1. The second kappa shape index (κ2) is 12.0. The zero-order chi connectivity index (χ0) is 28.1. The molecule has 0 saturated carbocycles. The van der Waals surface area contributed by atoms with E-state index < -0.39 is 49.1 Å². The molecular formula is C22H23F5N3O6PS. The molecule has 0 aliphatic carbocycles. The lowest BCUT2D eigenvalue weighted by atomic mass is 10.1. The third-order valence-electron chi connectivity index (χ3n) is 4.88. The van der Waals surface area contributed by atoms with Gasteiger partial charge in [0, 0.05) is 23.8 Å². The van der Waals surface area contributed by atoms with Gasteiger partial charge in [-0.2, -0.15) is 13.2 Å². The van der Waals surface area contributed by atoms with E-state index >= 15 is 0 Å². The van der Waals surface area contributed by atoms with Crippen molar-refractivity contribution in [1.29, 1.82) is 0 Å². The van der Waals surface area contributed by atoms with Crippen LogP contribution in [-0.2, 0) is 20.8 Å². The van der Waals surface area contributed by atoms with E-state index in [9.17, 15) is 26.5 Å². The molecule has 38 heavy (non-hydrogen) atoms. The fourth-order valence-corrected chi connectivity index (χ4v) is 4.37. The summed E-state index contributed by atoms with van der Waals surface area (Å²) in [6.07, 6.45) is -4.08. The Morgan fingerprint density at radius 2 is 1.63 bits per heavy atom. The van der Waals surface area contributed by atoms with Gasteiger partial charge in [-0.3, -0.25) is 4.52 Å². The first kappa shape index (κ1) is 29.9. The lowest BCUT2D eigenvalue weighted by Gasteiger charge is -2.21. The fraction of sp³-hybridized carbons (Fsp3) is 0.364. The number of nitrogens with two attached hydrogens (primary N) is 1. The van der Waals surface area contributed by atoms with Crippen LogP contribution in [0.4, 0.5) is 22.0 Å². The van der Waals surface area contributed by atoms with E-state index in [1.807, 2.05) is 0 Å². The van der Waals surface area contributed by atoms with Gasteiger partial charge in [0.05, 0.1) is 30.9 Å². The summed E-state index contributed by atoms with van der Waals surface area (Å²) in [5, 5.41) is 7.87. The van der Waals surface area contributed by atoms with Gasteiger partial charge in [0.1, 0.15) is 33.1 Å². The number of ether oxygens (including phenoxy) is 2. The molecule has 0 radical (unpaired) electrons. The molecule has 0 spiro atoms. The van der Waals surface area contributed by atoms with Crippen LogP contribution < -0.4 is 15.2 Å². The number of hydrogen-bond donors (Lipinski definition) is 3. The molecule has 0 unspecified atom stereocenters. The topological polar surface area (TPSA) is 137 Å². The van der Waals surface area contributed by atoms with Crippen molar-refractivity contribution in [2.24, 2.45) is 5.73 Å². The number of aromatic nitrogens is 2.